The highest BCUT2D eigenvalue weighted by molar-refractivity contribution is 7.88. The Kier molecular flexibility index (Phi) is 9.80. The van der Waals surface area contributed by atoms with Crippen LogP contribution in [0.2, 0.25) is 0 Å². The number of carbonyl (C=O) groups is 1. The molecule has 0 bridgehead atoms. The first-order chi connectivity index (χ1) is 12.4. The maximum absolute atomic E-state index is 11.1. The van der Waals surface area contributed by atoms with Crippen LogP contribution < -0.4 is 11.1 Å². The average Bonchev–Trinajstić information content (AvgIpc) is 2.63. The topological polar surface area (TPSA) is 92.5 Å². The molecule has 1 heterocycles. The molecule has 7 heteroatoms. The van der Waals surface area contributed by atoms with E-state index < -0.39 is 16.1 Å². The van der Waals surface area contributed by atoms with Gasteiger partial charge < -0.3 is 11.1 Å². The van der Waals surface area contributed by atoms with E-state index >= 15 is 0 Å². The number of sulfonamides is 1. The van der Waals surface area contributed by atoms with Gasteiger partial charge in [0, 0.05) is 19.1 Å². The van der Waals surface area contributed by atoms with Gasteiger partial charge in [-0.15, -0.1) is 0 Å². The third-order valence-corrected chi connectivity index (χ3v) is 6.45. The van der Waals surface area contributed by atoms with Gasteiger partial charge in [-0.25, -0.2) is 17.5 Å². The molecule has 6 nitrogen and oxygen atoms in total. The Labute approximate surface area is 164 Å². The molecular weight excluding hydrogens is 362 g/mol. The zero-order valence-electron chi connectivity index (χ0n) is 15.6. The molecule has 2 amide bonds. The summed E-state index contributed by atoms with van der Waals surface area (Å²) in [6.07, 6.45) is 9.55. The van der Waals surface area contributed by atoms with E-state index in [1.54, 1.807) is 5.56 Å². The number of piperidine rings is 1. The molecule has 3 N–H and O–H groups in total. The highest BCUT2D eigenvalue weighted by Gasteiger charge is 2.25. The maximum atomic E-state index is 11.1. The zero-order chi connectivity index (χ0) is 19.0. The van der Waals surface area contributed by atoms with Gasteiger partial charge >= 0.3 is 6.03 Å². The van der Waals surface area contributed by atoms with E-state index in [0.29, 0.717) is 25.9 Å². The molecule has 1 saturated carbocycles. The van der Waals surface area contributed by atoms with Crippen LogP contribution in [-0.4, -0.2) is 44.1 Å². The predicted molar refractivity (Wildman–Crippen MR) is 111 cm³/mol. The van der Waals surface area contributed by atoms with E-state index in [1.165, 1.54) is 42.7 Å². The molecule has 0 aromatic heterocycles. The summed E-state index contributed by atoms with van der Waals surface area (Å²) in [7, 11) is -3.09. The molecule has 1 aliphatic heterocycles. The molecule has 154 valence electrons. The van der Waals surface area contributed by atoms with E-state index in [2.05, 4.69) is 35.6 Å². The van der Waals surface area contributed by atoms with Gasteiger partial charge in [-0.05, 0) is 37.2 Å². The molecule has 1 aromatic carbocycles. The monoisotopic (exact) mass is 397 g/mol. The van der Waals surface area contributed by atoms with Crippen LogP contribution in [0.25, 0.3) is 0 Å². The van der Waals surface area contributed by atoms with Crippen molar-refractivity contribution in [2.75, 3.05) is 19.3 Å². The molecule has 0 unspecified atom stereocenters. The lowest BCUT2D eigenvalue weighted by Gasteiger charge is -2.30. The second-order valence-electron chi connectivity index (χ2n) is 7.19. The SMILES string of the molecule is C.CS(=O)(=O)N1CCC(NC(N)=O)CC1.c1ccc(C2CCCCC2)cc1. The number of hydrogen-bond donors (Lipinski definition) is 2. The summed E-state index contributed by atoms with van der Waals surface area (Å²) in [6.45, 7) is 0.896. The average molecular weight is 398 g/mol. The van der Waals surface area contributed by atoms with Gasteiger partial charge in [0.25, 0.3) is 0 Å². The van der Waals surface area contributed by atoms with Crippen LogP contribution in [0.4, 0.5) is 4.79 Å². The minimum absolute atomic E-state index is 0. The Morgan fingerprint density at radius 2 is 1.59 bits per heavy atom. The van der Waals surface area contributed by atoms with Crippen LogP contribution in [0.15, 0.2) is 30.3 Å². The number of rotatable bonds is 3. The number of primary amides is 1. The number of hydrogen-bond acceptors (Lipinski definition) is 3. The Morgan fingerprint density at radius 3 is 2.07 bits per heavy atom. The first-order valence-corrected chi connectivity index (χ1v) is 11.3. The van der Waals surface area contributed by atoms with E-state index in [9.17, 15) is 13.2 Å². The second-order valence-corrected chi connectivity index (χ2v) is 9.17. The molecule has 1 aliphatic carbocycles. The molecule has 0 atom stereocenters. The van der Waals surface area contributed by atoms with Crippen molar-refractivity contribution in [2.45, 2.75) is 64.3 Å². The smallest absolute Gasteiger partial charge is 0.312 e. The minimum atomic E-state index is -3.09. The van der Waals surface area contributed by atoms with Crippen molar-refractivity contribution >= 4 is 16.1 Å². The van der Waals surface area contributed by atoms with Crippen molar-refractivity contribution in [1.82, 2.24) is 9.62 Å². The van der Waals surface area contributed by atoms with Gasteiger partial charge in [0.05, 0.1) is 6.26 Å². The van der Waals surface area contributed by atoms with Gasteiger partial charge in [-0.3, -0.25) is 0 Å². The van der Waals surface area contributed by atoms with Crippen LogP contribution >= 0.6 is 0 Å². The van der Waals surface area contributed by atoms with Crippen molar-refractivity contribution in [2.24, 2.45) is 5.73 Å². The summed E-state index contributed by atoms with van der Waals surface area (Å²) < 4.78 is 23.7. The molecule has 0 spiro atoms. The highest BCUT2D eigenvalue weighted by Crippen LogP contribution is 2.32. The Balaban J connectivity index is 0.000000262. The fraction of sp³-hybridized carbons (Fsp3) is 0.650. The number of amides is 2. The van der Waals surface area contributed by atoms with Crippen molar-refractivity contribution in [1.29, 1.82) is 0 Å². The Morgan fingerprint density at radius 1 is 1.04 bits per heavy atom. The normalized spacial score (nSPS) is 19.3. The first-order valence-electron chi connectivity index (χ1n) is 9.42. The molecule has 2 aliphatic rings. The number of benzene rings is 1. The van der Waals surface area contributed by atoms with Gasteiger partial charge in [-0.1, -0.05) is 57.0 Å². The number of urea groups is 1. The van der Waals surface area contributed by atoms with Crippen molar-refractivity contribution in [3.8, 4) is 0 Å². The fourth-order valence-electron chi connectivity index (χ4n) is 3.69. The van der Waals surface area contributed by atoms with E-state index in [0.717, 1.165) is 5.92 Å². The van der Waals surface area contributed by atoms with Gasteiger partial charge in [0.1, 0.15) is 0 Å². The van der Waals surface area contributed by atoms with Crippen molar-refractivity contribution in [3.63, 3.8) is 0 Å². The lowest BCUT2D eigenvalue weighted by atomic mass is 9.84. The van der Waals surface area contributed by atoms with E-state index in [-0.39, 0.29) is 13.5 Å². The highest BCUT2D eigenvalue weighted by atomic mass is 32.2. The molecule has 0 radical (unpaired) electrons. The molecule has 1 saturated heterocycles. The molecule has 1 aromatic rings. The molecule has 27 heavy (non-hydrogen) atoms. The Hall–Kier alpha value is -1.60. The Bertz CT molecular complexity index is 650. The van der Waals surface area contributed by atoms with Crippen LogP contribution in [0, 0.1) is 0 Å². The first kappa shape index (κ1) is 23.4. The van der Waals surface area contributed by atoms with Gasteiger partial charge in [-0.2, -0.15) is 0 Å². The predicted octanol–water partition coefficient (Wildman–Crippen LogP) is 3.45. The standard InChI is InChI=1S/C12H16.C7H15N3O3S.CH4/c1-3-7-11(8-4-1)12-9-5-2-6-10-12;1-14(12,13)10-4-2-6(3-5-10)9-7(8)11;/h1,3-4,7-8,12H,2,5-6,9-10H2;6H,2-5H2,1H3,(H3,8,9,11);1H4. The maximum Gasteiger partial charge on any atom is 0.312 e. The fourth-order valence-corrected chi connectivity index (χ4v) is 4.57. The summed E-state index contributed by atoms with van der Waals surface area (Å²) in [5.74, 6) is 0.861. The number of nitrogens with zero attached hydrogens (tertiary/aromatic N) is 1. The third kappa shape index (κ3) is 8.30. The molecular formula is C20H35N3O3S. The van der Waals surface area contributed by atoms with Gasteiger partial charge in [0.2, 0.25) is 10.0 Å². The zero-order valence-corrected chi connectivity index (χ0v) is 16.4. The van der Waals surface area contributed by atoms with Crippen LogP contribution in [0.3, 0.4) is 0 Å². The molecule has 2 fully saturated rings. The van der Waals surface area contributed by atoms with Crippen molar-refractivity contribution < 1.29 is 13.2 Å². The lowest BCUT2D eigenvalue weighted by Crippen LogP contribution is -2.47. The third-order valence-electron chi connectivity index (χ3n) is 5.15. The van der Waals surface area contributed by atoms with Crippen LogP contribution in [-0.2, 0) is 10.0 Å². The number of carbonyl (C=O) groups excluding carboxylic acids is 1. The second kappa shape index (κ2) is 11.3. The van der Waals surface area contributed by atoms with Crippen LogP contribution in [0.1, 0.15) is 63.9 Å². The summed E-state index contributed by atoms with van der Waals surface area (Å²) in [5.41, 5.74) is 6.51. The summed E-state index contributed by atoms with van der Waals surface area (Å²) in [4.78, 5) is 10.5. The largest absolute Gasteiger partial charge is 0.352 e. The lowest BCUT2D eigenvalue weighted by molar-refractivity contribution is 0.235. The molecule has 3 rings (SSSR count). The van der Waals surface area contributed by atoms with Gasteiger partial charge in [0.15, 0.2) is 0 Å². The van der Waals surface area contributed by atoms with E-state index in [1.807, 2.05) is 0 Å². The number of nitrogens with two attached hydrogens (primary N) is 1. The number of nitrogens with one attached hydrogen (secondary N) is 1. The minimum Gasteiger partial charge on any atom is -0.352 e. The quantitative estimate of drug-likeness (QED) is 0.818. The van der Waals surface area contributed by atoms with Crippen LogP contribution in [0.5, 0.6) is 0 Å². The summed E-state index contributed by atoms with van der Waals surface area (Å²) >= 11 is 0. The summed E-state index contributed by atoms with van der Waals surface area (Å²) in [5, 5.41) is 2.57. The summed E-state index contributed by atoms with van der Waals surface area (Å²) in [6, 6.07) is 10.4. The van der Waals surface area contributed by atoms with E-state index in [4.69, 9.17) is 5.73 Å². The van der Waals surface area contributed by atoms with Crippen molar-refractivity contribution in [3.05, 3.63) is 35.9 Å².